The molecule has 0 aromatic carbocycles. The molecule has 4 heteroatoms. The van der Waals surface area contributed by atoms with E-state index >= 15 is 0 Å². The van der Waals surface area contributed by atoms with Gasteiger partial charge in [-0.1, -0.05) is 0 Å². The van der Waals surface area contributed by atoms with E-state index in [0.717, 1.165) is 13.9 Å². The fraction of sp³-hybridized carbons (Fsp3) is 0.250. The molecule has 0 N–H and O–H groups in total. The van der Waals surface area contributed by atoms with Gasteiger partial charge in [0.1, 0.15) is 4.62 Å². The van der Waals surface area contributed by atoms with Gasteiger partial charge >= 0.3 is 0 Å². The highest BCUT2D eigenvalue weighted by Crippen LogP contribution is 2.21. The van der Waals surface area contributed by atoms with Gasteiger partial charge in [0, 0.05) is 0 Å². The smallest absolute Gasteiger partial charge is 0.143 e. The van der Waals surface area contributed by atoms with E-state index in [1.165, 1.54) is 0 Å². The molecule has 0 unspecified atom stereocenters. The lowest BCUT2D eigenvalue weighted by Gasteiger charge is -1.84. The summed E-state index contributed by atoms with van der Waals surface area (Å²) in [6.45, 7) is 1.93. The van der Waals surface area contributed by atoms with E-state index in [1.807, 2.05) is 6.92 Å². The first-order chi connectivity index (χ1) is 3.72. The van der Waals surface area contributed by atoms with Gasteiger partial charge in [0.2, 0.25) is 0 Å². The highest BCUT2D eigenvalue weighted by molar-refractivity contribution is 14.1. The normalized spacial score (nSPS) is 18.6. The molecule has 1 heterocycles. The van der Waals surface area contributed by atoms with Crippen molar-refractivity contribution in [2.24, 2.45) is 5.10 Å². The van der Waals surface area contributed by atoms with Crippen LogP contribution in [0.3, 0.4) is 0 Å². The Hall–Kier alpha value is 0.420. The average Bonchev–Trinajstić information content (AvgIpc) is 1.98. The van der Waals surface area contributed by atoms with Gasteiger partial charge in [-0.3, -0.25) is 0 Å². The Labute approximate surface area is 69.7 Å². The Kier molecular flexibility index (Phi) is 1.92. The van der Waals surface area contributed by atoms with E-state index in [4.69, 9.17) is 0 Å². The lowest BCUT2D eigenvalue weighted by molar-refractivity contribution is 0.897. The molecular formula is C4H3BrIN2. The molecular weight excluding hydrogens is 283 g/mol. The van der Waals surface area contributed by atoms with Crippen molar-refractivity contribution in [3.8, 4) is 0 Å². The van der Waals surface area contributed by atoms with E-state index in [0.29, 0.717) is 0 Å². The van der Waals surface area contributed by atoms with Crippen molar-refractivity contribution in [1.29, 1.82) is 0 Å². The van der Waals surface area contributed by atoms with Crippen molar-refractivity contribution >= 4 is 43.1 Å². The van der Waals surface area contributed by atoms with E-state index in [2.05, 4.69) is 49.0 Å². The molecule has 0 aromatic heterocycles. The van der Waals surface area contributed by atoms with Crippen LogP contribution in [-0.4, -0.2) is 4.62 Å². The molecule has 0 fully saturated rings. The van der Waals surface area contributed by atoms with Gasteiger partial charge in [-0.05, 0) is 45.4 Å². The quantitative estimate of drug-likeness (QED) is 0.609. The van der Waals surface area contributed by atoms with Crippen LogP contribution in [-0.2, 0) is 0 Å². The monoisotopic (exact) mass is 285 g/mol. The van der Waals surface area contributed by atoms with Crippen molar-refractivity contribution in [2.45, 2.75) is 6.92 Å². The minimum atomic E-state index is 0.843. The predicted octanol–water partition coefficient (Wildman–Crippen LogP) is 1.98. The number of nitrogens with zero attached hydrogens (tertiary/aromatic N) is 2. The standard InChI is InChI=1S/C4H3BrIN2/c1-2-3(6)4(5)8-7-2/h1H3. The topological polar surface area (TPSA) is 26.5 Å². The average molecular weight is 286 g/mol. The first kappa shape index (κ1) is 6.54. The lowest BCUT2D eigenvalue weighted by atomic mass is 10.5. The Morgan fingerprint density at radius 3 is 2.38 bits per heavy atom. The molecule has 2 nitrogen and oxygen atoms in total. The Bertz CT molecular complexity index is 167. The van der Waals surface area contributed by atoms with Gasteiger partial charge in [-0.25, -0.2) is 0 Å². The zero-order valence-corrected chi connectivity index (χ0v) is 7.89. The Morgan fingerprint density at radius 1 is 1.62 bits per heavy atom. The first-order valence-corrected chi connectivity index (χ1v) is 3.90. The minimum absolute atomic E-state index is 0.843. The third kappa shape index (κ3) is 1.05. The van der Waals surface area contributed by atoms with Gasteiger partial charge in [0.15, 0.2) is 0 Å². The van der Waals surface area contributed by atoms with Crippen LogP contribution in [0.4, 0.5) is 0 Å². The molecule has 0 amide bonds. The Balaban J connectivity index is 2.88. The highest BCUT2D eigenvalue weighted by atomic mass is 127. The van der Waals surface area contributed by atoms with E-state index in [-0.39, 0.29) is 0 Å². The summed E-state index contributed by atoms with van der Waals surface area (Å²) < 4.78 is 1.94. The molecule has 43 valence electrons. The first-order valence-electron chi connectivity index (χ1n) is 2.03. The molecule has 8 heavy (non-hydrogen) atoms. The van der Waals surface area contributed by atoms with Crippen LogP contribution in [0, 0.1) is 0 Å². The summed E-state index contributed by atoms with van der Waals surface area (Å²) in [5.74, 6) is 0. The zero-order chi connectivity index (χ0) is 6.15. The van der Waals surface area contributed by atoms with Gasteiger partial charge < -0.3 is 0 Å². The molecule has 1 radical (unpaired) electrons. The van der Waals surface area contributed by atoms with Gasteiger partial charge in [-0.15, -0.1) is 5.10 Å². The number of allylic oxidation sites excluding steroid dienone is 2. The van der Waals surface area contributed by atoms with Crippen LogP contribution >= 0.6 is 38.5 Å². The van der Waals surface area contributed by atoms with Crippen molar-refractivity contribution in [1.82, 2.24) is 5.43 Å². The molecule has 0 saturated carbocycles. The lowest BCUT2D eigenvalue weighted by Crippen LogP contribution is -1.83. The Morgan fingerprint density at radius 2 is 2.25 bits per heavy atom. The maximum atomic E-state index is 3.81. The molecule has 1 aliphatic heterocycles. The van der Waals surface area contributed by atoms with Crippen LogP contribution in [0.5, 0.6) is 0 Å². The fourth-order valence-corrected chi connectivity index (χ4v) is 0.938. The SMILES string of the molecule is CC1=C(I)C(Br)=N[N]1. The molecule has 0 spiro atoms. The summed E-state index contributed by atoms with van der Waals surface area (Å²) in [4.78, 5) is 0. The van der Waals surface area contributed by atoms with Crippen molar-refractivity contribution in [3.05, 3.63) is 9.28 Å². The van der Waals surface area contributed by atoms with Gasteiger partial charge in [0.05, 0.1) is 9.28 Å². The van der Waals surface area contributed by atoms with Crippen molar-refractivity contribution in [2.75, 3.05) is 0 Å². The molecule has 0 saturated heterocycles. The van der Waals surface area contributed by atoms with E-state index in [9.17, 15) is 0 Å². The summed E-state index contributed by atoms with van der Waals surface area (Å²) in [6.07, 6.45) is 0. The highest BCUT2D eigenvalue weighted by Gasteiger charge is 2.11. The second kappa shape index (κ2) is 2.34. The molecule has 0 aromatic rings. The third-order valence-corrected chi connectivity index (χ3v) is 3.37. The van der Waals surface area contributed by atoms with E-state index in [1.54, 1.807) is 0 Å². The summed E-state index contributed by atoms with van der Waals surface area (Å²) >= 11 is 5.43. The second-order valence-electron chi connectivity index (χ2n) is 1.39. The molecule has 1 rings (SSSR count). The number of halogens is 2. The van der Waals surface area contributed by atoms with Gasteiger partial charge in [-0.2, -0.15) is 5.43 Å². The van der Waals surface area contributed by atoms with Crippen molar-refractivity contribution < 1.29 is 0 Å². The predicted molar refractivity (Wildman–Crippen MR) is 45.2 cm³/mol. The summed E-state index contributed by atoms with van der Waals surface area (Å²) in [7, 11) is 0. The number of hydrogen-bond acceptors (Lipinski definition) is 1. The van der Waals surface area contributed by atoms with Crippen LogP contribution in [0.25, 0.3) is 0 Å². The summed E-state index contributed by atoms with van der Waals surface area (Å²) in [5.41, 5.74) is 4.80. The maximum Gasteiger partial charge on any atom is 0.143 e. The summed E-state index contributed by atoms with van der Waals surface area (Å²) in [5, 5.41) is 3.77. The zero-order valence-electron chi connectivity index (χ0n) is 4.15. The fourth-order valence-electron chi connectivity index (χ4n) is 0.356. The van der Waals surface area contributed by atoms with Crippen LogP contribution in [0.1, 0.15) is 6.92 Å². The second-order valence-corrected chi connectivity index (χ2v) is 3.22. The molecule has 0 aliphatic carbocycles. The minimum Gasteiger partial charge on any atom is -0.154 e. The van der Waals surface area contributed by atoms with Gasteiger partial charge in [0.25, 0.3) is 0 Å². The van der Waals surface area contributed by atoms with E-state index < -0.39 is 0 Å². The van der Waals surface area contributed by atoms with Crippen LogP contribution in [0.2, 0.25) is 0 Å². The molecule has 1 aliphatic rings. The van der Waals surface area contributed by atoms with Crippen molar-refractivity contribution in [3.63, 3.8) is 0 Å². The summed E-state index contributed by atoms with van der Waals surface area (Å²) in [6, 6.07) is 0. The molecule has 0 bridgehead atoms. The number of hydrogen-bond donors (Lipinski definition) is 0. The maximum absolute atomic E-state index is 3.81. The number of rotatable bonds is 0. The molecule has 0 atom stereocenters. The third-order valence-electron chi connectivity index (χ3n) is 0.787. The largest absolute Gasteiger partial charge is 0.154 e. The van der Waals surface area contributed by atoms with Crippen LogP contribution < -0.4 is 5.43 Å². The van der Waals surface area contributed by atoms with Crippen LogP contribution in [0.15, 0.2) is 14.4 Å².